The van der Waals surface area contributed by atoms with E-state index in [-0.39, 0.29) is 31.0 Å². The molecule has 44 heavy (non-hydrogen) atoms. The highest BCUT2D eigenvalue weighted by Crippen LogP contribution is 2.45. The average molecular weight is 729 g/mol. The summed E-state index contributed by atoms with van der Waals surface area (Å²) in [5.74, 6) is -1.15. The van der Waals surface area contributed by atoms with Gasteiger partial charge < -0.3 is 14.6 Å². The van der Waals surface area contributed by atoms with Gasteiger partial charge in [-0.25, -0.2) is 19.2 Å². The maximum absolute atomic E-state index is 14.3. The van der Waals surface area contributed by atoms with Crippen molar-refractivity contribution in [2.75, 3.05) is 13.2 Å². The Bertz CT molecular complexity index is 1630. The molecule has 0 fully saturated rings. The standard InChI is InChI=1S/C33H29Br2F2N3O4/c34-26-9-3-1-7-22(26)19-33(32(42)40-38-20-25-28(36)11-5-12-29(25)37)30(24-8-2-4-10-27(24)35)44-31(39-33)21-13-15-23(16-14-21)43-18-6-17-41/h1-5,7-16,30,38,41H,6,17-20H2,(H,40,42)/t30-,33-/m0/s1. The van der Waals surface area contributed by atoms with E-state index in [1.165, 1.54) is 6.07 Å². The van der Waals surface area contributed by atoms with Crippen molar-refractivity contribution in [2.24, 2.45) is 4.99 Å². The molecule has 0 aromatic heterocycles. The van der Waals surface area contributed by atoms with Crippen molar-refractivity contribution in [1.29, 1.82) is 0 Å². The summed E-state index contributed by atoms with van der Waals surface area (Å²) in [4.78, 5) is 19.3. The Kier molecular flexibility index (Phi) is 10.4. The predicted molar refractivity (Wildman–Crippen MR) is 170 cm³/mol. The fraction of sp³-hybridized carbons (Fsp3) is 0.212. The van der Waals surface area contributed by atoms with Crippen molar-refractivity contribution in [3.05, 3.63) is 134 Å². The summed E-state index contributed by atoms with van der Waals surface area (Å²) in [6.07, 6.45) is -0.240. The number of carbonyl (C=O) groups excluding carboxylic acids is 1. The Morgan fingerprint density at radius 2 is 1.61 bits per heavy atom. The SMILES string of the molecule is O=C(NNCc1c(F)cccc1F)[C@@]1(Cc2ccccc2Br)N=C(c2ccc(OCCCO)cc2)O[C@H]1c1ccccc1Br. The second kappa shape index (κ2) is 14.4. The minimum Gasteiger partial charge on any atom is -0.494 e. The van der Waals surface area contributed by atoms with Crippen LogP contribution in [-0.2, 0) is 22.5 Å². The molecule has 0 saturated carbocycles. The zero-order chi connectivity index (χ0) is 31.1. The van der Waals surface area contributed by atoms with Crippen LogP contribution in [-0.4, -0.2) is 35.7 Å². The molecule has 0 unspecified atom stereocenters. The first kappa shape index (κ1) is 31.8. The van der Waals surface area contributed by atoms with Gasteiger partial charge in [-0.05, 0) is 54.1 Å². The van der Waals surface area contributed by atoms with Crippen molar-refractivity contribution in [2.45, 2.75) is 31.0 Å². The zero-order valence-corrected chi connectivity index (χ0v) is 26.6. The average Bonchev–Trinajstić information content (AvgIpc) is 3.40. The van der Waals surface area contributed by atoms with E-state index >= 15 is 0 Å². The van der Waals surface area contributed by atoms with Gasteiger partial charge in [-0.3, -0.25) is 10.2 Å². The summed E-state index contributed by atoms with van der Waals surface area (Å²) in [7, 11) is 0. The lowest BCUT2D eigenvalue weighted by Gasteiger charge is -2.31. The van der Waals surface area contributed by atoms with Crippen molar-refractivity contribution in [3.63, 3.8) is 0 Å². The molecule has 0 bridgehead atoms. The zero-order valence-electron chi connectivity index (χ0n) is 23.4. The Morgan fingerprint density at radius 1 is 0.932 bits per heavy atom. The van der Waals surface area contributed by atoms with Gasteiger partial charge in [0, 0.05) is 51.6 Å². The summed E-state index contributed by atoms with van der Waals surface area (Å²) in [5.41, 5.74) is 5.73. The normalized spacial score (nSPS) is 17.6. The Balaban J connectivity index is 1.54. The fourth-order valence-electron chi connectivity index (χ4n) is 4.90. The molecule has 1 aliphatic rings. The van der Waals surface area contributed by atoms with E-state index in [0.29, 0.717) is 29.9 Å². The van der Waals surface area contributed by atoms with E-state index in [9.17, 15) is 13.6 Å². The number of aliphatic imine (C=N–C) groups is 1. The van der Waals surface area contributed by atoms with Crippen LogP contribution in [0.2, 0.25) is 0 Å². The first-order chi connectivity index (χ1) is 21.3. The number of nitrogens with zero attached hydrogens (tertiary/aromatic N) is 1. The lowest BCUT2D eigenvalue weighted by molar-refractivity contribution is -0.130. The van der Waals surface area contributed by atoms with Crippen LogP contribution in [0.5, 0.6) is 5.75 Å². The summed E-state index contributed by atoms with van der Waals surface area (Å²) in [6.45, 7) is 0.117. The molecule has 4 aromatic carbocycles. The quantitative estimate of drug-likeness (QED) is 0.113. The van der Waals surface area contributed by atoms with Crippen LogP contribution in [0.4, 0.5) is 8.78 Å². The Hall–Kier alpha value is -3.64. The van der Waals surface area contributed by atoms with Crippen molar-refractivity contribution in [1.82, 2.24) is 10.9 Å². The van der Waals surface area contributed by atoms with Gasteiger partial charge in [0.25, 0.3) is 5.91 Å². The highest BCUT2D eigenvalue weighted by molar-refractivity contribution is 9.10. The van der Waals surface area contributed by atoms with Crippen LogP contribution >= 0.6 is 31.9 Å². The molecule has 11 heteroatoms. The highest BCUT2D eigenvalue weighted by Gasteiger charge is 2.54. The van der Waals surface area contributed by atoms with Gasteiger partial charge in [0.05, 0.1) is 6.61 Å². The maximum atomic E-state index is 14.3. The topological polar surface area (TPSA) is 92.2 Å². The first-order valence-corrected chi connectivity index (χ1v) is 15.5. The number of ether oxygens (including phenoxy) is 2. The van der Waals surface area contributed by atoms with Crippen molar-refractivity contribution in [3.8, 4) is 5.75 Å². The molecule has 0 radical (unpaired) electrons. The van der Waals surface area contributed by atoms with Gasteiger partial charge >= 0.3 is 0 Å². The van der Waals surface area contributed by atoms with E-state index < -0.39 is 29.2 Å². The molecule has 0 aliphatic carbocycles. The van der Waals surface area contributed by atoms with Gasteiger partial charge in [-0.2, -0.15) is 0 Å². The molecule has 0 spiro atoms. The number of amides is 1. The number of hydrogen-bond acceptors (Lipinski definition) is 6. The molecular weight excluding hydrogens is 700 g/mol. The molecule has 228 valence electrons. The van der Waals surface area contributed by atoms with Gasteiger partial charge in [0.2, 0.25) is 5.90 Å². The Labute approximate surface area is 270 Å². The smallest absolute Gasteiger partial charge is 0.266 e. The lowest BCUT2D eigenvalue weighted by Crippen LogP contribution is -2.53. The summed E-state index contributed by atoms with van der Waals surface area (Å²) in [5, 5.41) is 9.03. The van der Waals surface area contributed by atoms with Gasteiger partial charge in [-0.1, -0.05) is 74.3 Å². The summed E-state index contributed by atoms with van der Waals surface area (Å²) >= 11 is 7.22. The number of hydrazine groups is 1. The number of hydrogen-bond donors (Lipinski definition) is 3. The van der Waals surface area contributed by atoms with Crippen LogP contribution in [0.25, 0.3) is 0 Å². The largest absolute Gasteiger partial charge is 0.494 e. The molecule has 0 saturated heterocycles. The molecule has 1 heterocycles. The molecule has 1 aliphatic heterocycles. The van der Waals surface area contributed by atoms with Crippen LogP contribution in [0, 0.1) is 11.6 Å². The molecule has 3 N–H and O–H groups in total. The fourth-order valence-corrected chi connectivity index (χ4v) is 5.82. The lowest BCUT2D eigenvalue weighted by atomic mass is 9.82. The molecular formula is C33H29Br2F2N3O4. The maximum Gasteiger partial charge on any atom is 0.266 e. The van der Waals surface area contributed by atoms with E-state index in [2.05, 4.69) is 42.7 Å². The second-order valence-electron chi connectivity index (χ2n) is 10.1. The number of rotatable bonds is 12. The molecule has 5 rings (SSSR count). The minimum atomic E-state index is -1.54. The van der Waals surface area contributed by atoms with E-state index in [1.807, 2.05) is 48.5 Å². The number of nitrogens with one attached hydrogen (secondary N) is 2. The van der Waals surface area contributed by atoms with Gasteiger partial charge in [-0.15, -0.1) is 0 Å². The first-order valence-electron chi connectivity index (χ1n) is 13.9. The monoisotopic (exact) mass is 727 g/mol. The minimum absolute atomic E-state index is 0.0327. The third kappa shape index (κ3) is 7.02. The van der Waals surface area contributed by atoms with Crippen molar-refractivity contribution < 1.29 is 28.2 Å². The number of aliphatic hydroxyl groups is 1. The van der Waals surface area contributed by atoms with Crippen LogP contribution < -0.4 is 15.6 Å². The van der Waals surface area contributed by atoms with Gasteiger partial charge in [0.1, 0.15) is 17.4 Å². The summed E-state index contributed by atoms with van der Waals surface area (Å²) < 4.78 is 42.3. The molecule has 2 atom stereocenters. The number of halogens is 4. The third-order valence-electron chi connectivity index (χ3n) is 7.16. The summed E-state index contributed by atoms with van der Waals surface area (Å²) in [6, 6.07) is 25.6. The Morgan fingerprint density at radius 3 is 2.30 bits per heavy atom. The number of benzene rings is 4. The van der Waals surface area contributed by atoms with Crippen molar-refractivity contribution >= 4 is 43.7 Å². The van der Waals surface area contributed by atoms with E-state index in [4.69, 9.17) is 19.6 Å². The second-order valence-corrected chi connectivity index (χ2v) is 11.8. The number of aliphatic hydroxyl groups excluding tert-OH is 1. The highest BCUT2D eigenvalue weighted by atomic mass is 79.9. The number of carbonyl (C=O) groups is 1. The predicted octanol–water partition coefficient (Wildman–Crippen LogP) is 6.57. The third-order valence-corrected chi connectivity index (χ3v) is 8.66. The molecule has 4 aromatic rings. The van der Waals surface area contributed by atoms with E-state index in [0.717, 1.165) is 26.6 Å². The van der Waals surface area contributed by atoms with E-state index in [1.54, 1.807) is 24.3 Å². The molecule has 1 amide bonds. The molecule has 7 nitrogen and oxygen atoms in total. The van der Waals surface area contributed by atoms with Gasteiger partial charge in [0.15, 0.2) is 11.6 Å². The van der Waals surface area contributed by atoms with Crippen LogP contribution in [0.1, 0.15) is 34.8 Å². The van der Waals surface area contributed by atoms with Crippen LogP contribution in [0.3, 0.4) is 0 Å². The van der Waals surface area contributed by atoms with Crippen LogP contribution in [0.15, 0.2) is 105 Å².